The van der Waals surface area contributed by atoms with E-state index in [0.29, 0.717) is 10.7 Å². The van der Waals surface area contributed by atoms with Crippen LogP contribution in [0, 0.1) is 5.82 Å². The average Bonchev–Trinajstić information content (AvgIpc) is 2.12. The number of anilines is 1. The van der Waals surface area contributed by atoms with Gasteiger partial charge in [0.05, 0.1) is 10.7 Å². The maximum atomic E-state index is 13.3. The monoisotopic (exact) mass is 215 g/mol. The second-order valence-electron chi connectivity index (χ2n) is 3.43. The first-order chi connectivity index (χ1) is 6.65. The Bertz CT molecular complexity index is 281. The highest BCUT2D eigenvalue weighted by Gasteiger charge is 2.08. The van der Waals surface area contributed by atoms with Gasteiger partial charge in [-0.15, -0.1) is 0 Å². The fourth-order valence-corrected chi connectivity index (χ4v) is 1.60. The van der Waals surface area contributed by atoms with Gasteiger partial charge in [0.15, 0.2) is 0 Å². The smallest absolute Gasteiger partial charge is 0.147 e. The molecule has 1 rings (SSSR count). The second kappa shape index (κ2) is 5.20. The normalized spacial score (nSPS) is 12.6. The largest absolute Gasteiger partial charge is 0.379 e. The Balaban J connectivity index is 2.75. The molecule has 0 aliphatic carbocycles. The Morgan fingerprint density at radius 2 is 2.21 bits per heavy atom. The number of halogens is 2. The zero-order valence-corrected chi connectivity index (χ0v) is 9.24. The van der Waals surface area contributed by atoms with Gasteiger partial charge in [-0.1, -0.05) is 31.0 Å². The third-order valence-electron chi connectivity index (χ3n) is 2.08. The van der Waals surface area contributed by atoms with Crippen LogP contribution in [0.2, 0.25) is 5.02 Å². The van der Waals surface area contributed by atoms with Crippen molar-refractivity contribution in [2.75, 3.05) is 5.32 Å². The minimum atomic E-state index is -0.291. The van der Waals surface area contributed by atoms with Crippen LogP contribution in [0.15, 0.2) is 18.2 Å². The van der Waals surface area contributed by atoms with Crippen LogP contribution in [0.3, 0.4) is 0 Å². The average molecular weight is 216 g/mol. The van der Waals surface area contributed by atoms with E-state index in [1.807, 2.05) is 6.92 Å². The molecule has 0 aliphatic heterocycles. The Kier molecular flexibility index (Phi) is 4.21. The number of para-hydroxylation sites is 1. The van der Waals surface area contributed by atoms with E-state index in [4.69, 9.17) is 11.6 Å². The van der Waals surface area contributed by atoms with Gasteiger partial charge in [0.1, 0.15) is 5.82 Å². The zero-order chi connectivity index (χ0) is 10.6. The van der Waals surface area contributed by atoms with E-state index in [9.17, 15) is 4.39 Å². The van der Waals surface area contributed by atoms with E-state index in [1.54, 1.807) is 12.1 Å². The molecule has 1 nitrogen and oxygen atoms in total. The predicted molar refractivity (Wildman–Crippen MR) is 59.4 cm³/mol. The molecular weight excluding hydrogens is 201 g/mol. The van der Waals surface area contributed by atoms with E-state index in [2.05, 4.69) is 12.2 Å². The maximum Gasteiger partial charge on any atom is 0.147 e. The van der Waals surface area contributed by atoms with Crippen molar-refractivity contribution in [3.63, 3.8) is 0 Å². The van der Waals surface area contributed by atoms with Gasteiger partial charge in [0.2, 0.25) is 0 Å². The predicted octanol–water partition coefficient (Wildman–Crippen LogP) is 4.08. The van der Waals surface area contributed by atoms with Crippen LogP contribution in [-0.2, 0) is 0 Å². The van der Waals surface area contributed by atoms with E-state index in [-0.39, 0.29) is 11.9 Å². The summed E-state index contributed by atoms with van der Waals surface area (Å²) in [5.41, 5.74) is 0.412. The molecule has 3 heteroatoms. The van der Waals surface area contributed by atoms with E-state index in [0.717, 1.165) is 12.8 Å². The highest BCUT2D eigenvalue weighted by molar-refractivity contribution is 6.33. The summed E-state index contributed by atoms with van der Waals surface area (Å²) in [6, 6.07) is 4.95. The Hall–Kier alpha value is -0.760. The van der Waals surface area contributed by atoms with Gasteiger partial charge in [-0.25, -0.2) is 4.39 Å². The highest BCUT2D eigenvalue weighted by Crippen LogP contribution is 2.25. The van der Waals surface area contributed by atoms with Crippen molar-refractivity contribution in [1.29, 1.82) is 0 Å². The summed E-state index contributed by atoms with van der Waals surface area (Å²) < 4.78 is 13.3. The molecule has 1 aromatic carbocycles. The quantitative estimate of drug-likeness (QED) is 0.798. The highest BCUT2D eigenvalue weighted by atomic mass is 35.5. The number of nitrogens with one attached hydrogen (secondary N) is 1. The molecule has 0 aromatic heterocycles. The summed E-state index contributed by atoms with van der Waals surface area (Å²) in [5, 5.41) is 3.51. The molecular formula is C11H15ClFN. The SMILES string of the molecule is CCCC(C)Nc1c(F)cccc1Cl. The van der Waals surface area contributed by atoms with Gasteiger partial charge in [-0.2, -0.15) is 0 Å². The molecule has 0 aliphatic rings. The van der Waals surface area contributed by atoms with Crippen LogP contribution in [0.4, 0.5) is 10.1 Å². The zero-order valence-electron chi connectivity index (χ0n) is 8.48. The third-order valence-corrected chi connectivity index (χ3v) is 2.39. The van der Waals surface area contributed by atoms with Gasteiger partial charge < -0.3 is 5.32 Å². The van der Waals surface area contributed by atoms with E-state index >= 15 is 0 Å². The molecule has 0 saturated heterocycles. The van der Waals surface area contributed by atoms with Crippen LogP contribution < -0.4 is 5.32 Å². The van der Waals surface area contributed by atoms with Crippen LogP contribution in [0.25, 0.3) is 0 Å². The molecule has 0 radical (unpaired) electrons. The van der Waals surface area contributed by atoms with Crippen molar-refractivity contribution in [3.8, 4) is 0 Å². The molecule has 0 bridgehead atoms. The summed E-state index contributed by atoms with van der Waals surface area (Å²) in [6.45, 7) is 4.12. The lowest BCUT2D eigenvalue weighted by Gasteiger charge is -2.15. The van der Waals surface area contributed by atoms with Gasteiger partial charge in [-0.3, -0.25) is 0 Å². The first-order valence-electron chi connectivity index (χ1n) is 4.85. The van der Waals surface area contributed by atoms with Crippen molar-refractivity contribution in [1.82, 2.24) is 0 Å². The Morgan fingerprint density at radius 1 is 1.50 bits per heavy atom. The van der Waals surface area contributed by atoms with Crippen LogP contribution in [0.1, 0.15) is 26.7 Å². The molecule has 0 spiro atoms. The lowest BCUT2D eigenvalue weighted by atomic mass is 10.2. The number of rotatable bonds is 4. The molecule has 1 N–H and O–H groups in total. The summed E-state index contributed by atoms with van der Waals surface area (Å²) in [7, 11) is 0. The lowest BCUT2D eigenvalue weighted by Crippen LogP contribution is -2.15. The topological polar surface area (TPSA) is 12.0 Å². The molecule has 1 aromatic rings. The molecule has 0 heterocycles. The fraction of sp³-hybridized carbons (Fsp3) is 0.455. The van der Waals surface area contributed by atoms with Gasteiger partial charge in [0, 0.05) is 6.04 Å². The molecule has 0 saturated carbocycles. The van der Waals surface area contributed by atoms with E-state index < -0.39 is 0 Å². The standard InChI is InChI=1S/C11H15ClFN/c1-3-5-8(2)14-11-9(12)6-4-7-10(11)13/h4,6-8,14H,3,5H2,1-2H3. The lowest BCUT2D eigenvalue weighted by molar-refractivity contribution is 0.620. The molecule has 78 valence electrons. The molecule has 1 atom stereocenters. The van der Waals surface area contributed by atoms with Crippen LogP contribution >= 0.6 is 11.6 Å². The Morgan fingerprint density at radius 3 is 2.79 bits per heavy atom. The fourth-order valence-electron chi connectivity index (χ4n) is 1.39. The van der Waals surface area contributed by atoms with Gasteiger partial charge in [-0.05, 0) is 25.5 Å². The summed E-state index contributed by atoms with van der Waals surface area (Å²) >= 11 is 5.87. The van der Waals surface area contributed by atoms with Crippen molar-refractivity contribution in [3.05, 3.63) is 29.0 Å². The summed E-state index contributed by atoms with van der Waals surface area (Å²) in [6.07, 6.45) is 2.07. The van der Waals surface area contributed by atoms with E-state index in [1.165, 1.54) is 6.07 Å². The molecule has 0 fully saturated rings. The molecule has 14 heavy (non-hydrogen) atoms. The van der Waals surface area contributed by atoms with Gasteiger partial charge in [0.25, 0.3) is 0 Å². The van der Waals surface area contributed by atoms with Crippen molar-refractivity contribution in [2.45, 2.75) is 32.7 Å². The number of hydrogen-bond acceptors (Lipinski definition) is 1. The minimum absolute atomic E-state index is 0.245. The van der Waals surface area contributed by atoms with Crippen LogP contribution in [0.5, 0.6) is 0 Å². The van der Waals surface area contributed by atoms with Crippen molar-refractivity contribution >= 4 is 17.3 Å². The van der Waals surface area contributed by atoms with Gasteiger partial charge >= 0.3 is 0 Å². The molecule has 1 unspecified atom stereocenters. The first-order valence-corrected chi connectivity index (χ1v) is 5.23. The minimum Gasteiger partial charge on any atom is -0.379 e. The van der Waals surface area contributed by atoms with Crippen molar-refractivity contribution < 1.29 is 4.39 Å². The maximum absolute atomic E-state index is 13.3. The van der Waals surface area contributed by atoms with Crippen molar-refractivity contribution in [2.24, 2.45) is 0 Å². The molecule has 0 amide bonds. The third kappa shape index (κ3) is 2.88. The number of hydrogen-bond donors (Lipinski definition) is 1. The Labute approximate surface area is 89.3 Å². The first kappa shape index (κ1) is 11.3. The summed E-state index contributed by atoms with van der Waals surface area (Å²) in [4.78, 5) is 0. The number of benzene rings is 1. The van der Waals surface area contributed by atoms with Crippen LogP contribution in [-0.4, -0.2) is 6.04 Å². The second-order valence-corrected chi connectivity index (χ2v) is 3.84. The summed E-state index contributed by atoms with van der Waals surface area (Å²) in [5.74, 6) is -0.291.